The molecule has 0 fully saturated rings. The van der Waals surface area contributed by atoms with Crippen LogP contribution in [0, 0.1) is 0 Å². The fraction of sp³-hybridized carbons (Fsp3) is 0.947. The fourth-order valence-electron chi connectivity index (χ4n) is 2.82. The van der Waals surface area contributed by atoms with Gasteiger partial charge in [0.15, 0.2) is 5.12 Å². The van der Waals surface area contributed by atoms with Crippen molar-refractivity contribution in [2.75, 3.05) is 0 Å². The molecule has 1 nitrogen and oxygen atoms in total. The van der Waals surface area contributed by atoms with Gasteiger partial charge in [0.2, 0.25) is 0 Å². The van der Waals surface area contributed by atoms with Crippen LogP contribution in [0.2, 0.25) is 0 Å². The van der Waals surface area contributed by atoms with Gasteiger partial charge >= 0.3 is 0 Å². The maximum atomic E-state index is 10.7. The summed E-state index contributed by atoms with van der Waals surface area (Å²) in [5, 5.41) is 0.0420. The van der Waals surface area contributed by atoms with Crippen molar-refractivity contribution in [3.8, 4) is 0 Å². The molecular weight excluding hydrogens is 276 g/mol. The van der Waals surface area contributed by atoms with E-state index in [1.165, 1.54) is 96.3 Å². The van der Waals surface area contributed by atoms with E-state index in [9.17, 15) is 4.79 Å². The first kappa shape index (κ1) is 21.0. The van der Waals surface area contributed by atoms with Crippen molar-refractivity contribution < 1.29 is 4.79 Å². The van der Waals surface area contributed by atoms with E-state index in [2.05, 4.69) is 19.6 Å². The summed E-state index contributed by atoms with van der Waals surface area (Å²) in [4.78, 5) is 10.7. The highest BCUT2D eigenvalue weighted by Gasteiger charge is 1.96. The van der Waals surface area contributed by atoms with Crippen LogP contribution in [0.3, 0.4) is 0 Å². The van der Waals surface area contributed by atoms with Crippen molar-refractivity contribution in [2.24, 2.45) is 0 Å². The third-order valence-corrected chi connectivity index (χ3v) is 4.47. The summed E-state index contributed by atoms with van der Waals surface area (Å²) in [6.45, 7) is 2.28. The first-order valence-electron chi connectivity index (χ1n) is 9.49. The Morgan fingerprint density at radius 2 is 0.857 bits per heavy atom. The molecule has 0 radical (unpaired) electrons. The van der Waals surface area contributed by atoms with Crippen molar-refractivity contribution in [3.05, 3.63) is 0 Å². The second-order valence-electron chi connectivity index (χ2n) is 6.45. The highest BCUT2D eigenvalue weighted by molar-refractivity contribution is 7.96. The van der Waals surface area contributed by atoms with Crippen molar-refractivity contribution in [2.45, 2.75) is 116 Å². The Bertz CT molecular complexity index is 216. The molecule has 0 unspecified atom stereocenters. The van der Waals surface area contributed by atoms with Gasteiger partial charge in [-0.05, 0) is 6.42 Å². The van der Waals surface area contributed by atoms with E-state index in [1.54, 1.807) is 0 Å². The summed E-state index contributed by atoms with van der Waals surface area (Å²) in [6, 6.07) is 0. The molecule has 0 aromatic heterocycles. The molecule has 0 N–H and O–H groups in total. The van der Waals surface area contributed by atoms with Gasteiger partial charge in [0.1, 0.15) is 0 Å². The normalized spacial score (nSPS) is 11.0. The topological polar surface area (TPSA) is 17.1 Å². The lowest BCUT2D eigenvalue weighted by Gasteiger charge is -2.03. The van der Waals surface area contributed by atoms with Gasteiger partial charge in [0.05, 0.1) is 0 Å². The molecule has 0 heterocycles. The maximum Gasteiger partial charge on any atom is 0.185 e. The molecule has 0 atom stereocenters. The zero-order chi connectivity index (χ0) is 15.6. The quantitative estimate of drug-likeness (QED) is 0.224. The van der Waals surface area contributed by atoms with Crippen LogP contribution in [-0.4, -0.2) is 5.12 Å². The summed E-state index contributed by atoms with van der Waals surface area (Å²) in [5.41, 5.74) is 0. The Hall–Kier alpha value is 0.0200. The number of hydrogen-bond donors (Lipinski definition) is 1. The molecule has 0 spiro atoms. The van der Waals surface area contributed by atoms with Gasteiger partial charge in [0, 0.05) is 6.42 Å². The Kier molecular flexibility index (Phi) is 18.1. The lowest BCUT2D eigenvalue weighted by Crippen LogP contribution is -1.87. The summed E-state index contributed by atoms with van der Waals surface area (Å²) in [7, 11) is 0. The molecule has 0 aromatic rings. The SMILES string of the molecule is CCCCCCCCCCCCCCCCCCC(=O)S. The third kappa shape index (κ3) is 20.0. The number of unbranched alkanes of at least 4 members (excludes halogenated alkanes) is 15. The summed E-state index contributed by atoms with van der Waals surface area (Å²) in [6.07, 6.45) is 22.6. The van der Waals surface area contributed by atoms with Crippen LogP contribution < -0.4 is 0 Å². The Labute approximate surface area is 139 Å². The van der Waals surface area contributed by atoms with Crippen LogP contribution in [0.5, 0.6) is 0 Å². The van der Waals surface area contributed by atoms with Gasteiger partial charge in [-0.3, -0.25) is 4.79 Å². The van der Waals surface area contributed by atoms with Gasteiger partial charge in [-0.15, -0.1) is 12.6 Å². The van der Waals surface area contributed by atoms with Crippen LogP contribution in [0.4, 0.5) is 0 Å². The molecule has 0 aliphatic heterocycles. The monoisotopic (exact) mass is 314 g/mol. The van der Waals surface area contributed by atoms with E-state index < -0.39 is 0 Å². The predicted octanol–water partition coefficient (Wildman–Crippen LogP) is 7.09. The van der Waals surface area contributed by atoms with E-state index >= 15 is 0 Å². The lowest BCUT2D eigenvalue weighted by atomic mass is 10.0. The van der Waals surface area contributed by atoms with E-state index in [0.717, 1.165) is 6.42 Å². The Morgan fingerprint density at radius 1 is 0.571 bits per heavy atom. The average Bonchev–Trinajstić information content (AvgIpc) is 2.46. The number of rotatable bonds is 17. The summed E-state index contributed by atoms with van der Waals surface area (Å²) >= 11 is 3.79. The summed E-state index contributed by atoms with van der Waals surface area (Å²) in [5.74, 6) is 0. The predicted molar refractivity (Wildman–Crippen MR) is 98.2 cm³/mol. The maximum absolute atomic E-state index is 10.7. The molecule has 0 aromatic carbocycles. The second-order valence-corrected chi connectivity index (χ2v) is 6.95. The molecule has 126 valence electrons. The molecule has 21 heavy (non-hydrogen) atoms. The van der Waals surface area contributed by atoms with Crippen LogP contribution in [0.1, 0.15) is 116 Å². The zero-order valence-electron chi connectivity index (χ0n) is 14.4. The van der Waals surface area contributed by atoms with Crippen molar-refractivity contribution >= 4 is 17.7 Å². The van der Waals surface area contributed by atoms with Gasteiger partial charge in [-0.25, -0.2) is 0 Å². The third-order valence-electron chi connectivity index (χ3n) is 4.24. The van der Waals surface area contributed by atoms with E-state index in [1.807, 2.05) is 0 Å². The number of hydrogen-bond acceptors (Lipinski definition) is 1. The van der Waals surface area contributed by atoms with Gasteiger partial charge in [-0.1, -0.05) is 103 Å². The second kappa shape index (κ2) is 18.1. The lowest BCUT2D eigenvalue weighted by molar-refractivity contribution is -0.110. The largest absolute Gasteiger partial charge is 0.288 e. The molecule has 0 saturated carbocycles. The Morgan fingerprint density at radius 3 is 1.14 bits per heavy atom. The highest BCUT2D eigenvalue weighted by atomic mass is 32.1. The number of carbonyl (C=O) groups excluding carboxylic acids is 1. The highest BCUT2D eigenvalue weighted by Crippen LogP contribution is 2.14. The van der Waals surface area contributed by atoms with Gasteiger partial charge in [-0.2, -0.15) is 0 Å². The van der Waals surface area contributed by atoms with Crippen molar-refractivity contribution in [3.63, 3.8) is 0 Å². The van der Waals surface area contributed by atoms with Crippen molar-refractivity contribution in [1.82, 2.24) is 0 Å². The molecule has 0 rings (SSSR count). The van der Waals surface area contributed by atoms with Gasteiger partial charge < -0.3 is 0 Å². The first-order chi connectivity index (χ1) is 10.3. The molecule has 2 heteroatoms. The molecule has 0 aliphatic carbocycles. The minimum atomic E-state index is 0.0420. The smallest absolute Gasteiger partial charge is 0.185 e. The van der Waals surface area contributed by atoms with Crippen LogP contribution in [-0.2, 0) is 4.79 Å². The molecule has 0 aliphatic rings. The van der Waals surface area contributed by atoms with Crippen LogP contribution in [0.15, 0.2) is 0 Å². The Balaban J connectivity index is 2.95. The number of carbonyl (C=O) groups is 1. The van der Waals surface area contributed by atoms with Gasteiger partial charge in [0.25, 0.3) is 0 Å². The average molecular weight is 315 g/mol. The zero-order valence-corrected chi connectivity index (χ0v) is 15.3. The molecular formula is C19H38OS. The fourth-order valence-corrected chi connectivity index (χ4v) is 2.98. The minimum Gasteiger partial charge on any atom is -0.288 e. The van der Waals surface area contributed by atoms with Crippen LogP contribution >= 0.6 is 12.6 Å². The minimum absolute atomic E-state index is 0.0420. The van der Waals surface area contributed by atoms with E-state index in [-0.39, 0.29) is 5.12 Å². The first-order valence-corrected chi connectivity index (χ1v) is 9.94. The molecule has 0 bridgehead atoms. The van der Waals surface area contributed by atoms with E-state index in [0.29, 0.717) is 6.42 Å². The van der Waals surface area contributed by atoms with Crippen LogP contribution in [0.25, 0.3) is 0 Å². The summed E-state index contributed by atoms with van der Waals surface area (Å²) < 4.78 is 0. The standard InChI is InChI=1S/C19H38OS/c1-2-3-4-5-6-7-8-9-10-11-12-13-14-15-16-17-18-19(20)21/h2-18H2,1H3,(H,20,21). The number of thiol groups is 1. The van der Waals surface area contributed by atoms with Crippen molar-refractivity contribution in [1.29, 1.82) is 0 Å². The van der Waals surface area contributed by atoms with E-state index in [4.69, 9.17) is 0 Å². The molecule has 0 amide bonds. The molecule has 0 saturated heterocycles.